The van der Waals surface area contributed by atoms with Gasteiger partial charge in [-0.1, -0.05) is 41.9 Å². The van der Waals surface area contributed by atoms with E-state index in [0.29, 0.717) is 23.7 Å². The molecular formula is C17H15ClN4O2. The fraction of sp³-hybridized carbons (Fsp3) is 0.118. The van der Waals surface area contributed by atoms with Gasteiger partial charge in [-0.25, -0.2) is 0 Å². The standard InChI is InChI=1S/C17H15ClN4O2/c1-2-24-15-9-12(8-14(18)16(15)23)10-20-22-11-19-21-17(22)13-6-4-3-5-7-13/h3-11,23H,2H2,1H3/b20-10+. The molecule has 2 aromatic carbocycles. The van der Waals surface area contributed by atoms with Crippen LogP contribution in [-0.2, 0) is 0 Å². The van der Waals surface area contributed by atoms with Gasteiger partial charge in [0.1, 0.15) is 6.33 Å². The Bertz CT molecular complexity index is 862. The summed E-state index contributed by atoms with van der Waals surface area (Å²) in [4.78, 5) is 0. The highest BCUT2D eigenvalue weighted by atomic mass is 35.5. The quantitative estimate of drug-likeness (QED) is 0.719. The minimum absolute atomic E-state index is 0.0788. The maximum Gasteiger partial charge on any atom is 0.184 e. The number of hydrogen-bond acceptors (Lipinski definition) is 5. The monoisotopic (exact) mass is 342 g/mol. The van der Waals surface area contributed by atoms with E-state index in [0.717, 1.165) is 5.56 Å². The van der Waals surface area contributed by atoms with E-state index in [2.05, 4.69) is 15.3 Å². The molecule has 0 saturated carbocycles. The van der Waals surface area contributed by atoms with Gasteiger partial charge in [0.05, 0.1) is 17.8 Å². The first-order chi connectivity index (χ1) is 11.7. The highest BCUT2D eigenvalue weighted by molar-refractivity contribution is 6.32. The van der Waals surface area contributed by atoms with Crippen LogP contribution < -0.4 is 4.74 Å². The SMILES string of the molecule is CCOc1cc(/C=N/n2cnnc2-c2ccccc2)cc(Cl)c1O. The lowest BCUT2D eigenvalue weighted by Gasteiger charge is -2.08. The van der Waals surface area contributed by atoms with Crippen molar-refractivity contribution in [1.82, 2.24) is 14.9 Å². The third-order valence-corrected chi connectivity index (χ3v) is 3.53. The third-order valence-electron chi connectivity index (χ3n) is 3.24. The van der Waals surface area contributed by atoms with Crippen LogP contribution in [0.5, 0.6) is 11.5 Å². The molecule has 0 bridgehead atoms. The van der Waals surface area contributed by atoms with Crippen LogP contribution in [0.25, 0.3) is 11.4 Å². The summed E-state index contributed by atoms with van der Waals surface area (Å²) < 4.78 is 6.93. The van der Waals surface area contributed by atoms with E-state index < -0.39 is 0 Å². The molecular weight excluding hydrogens is 328 g/mol. The largest absolute Gasteiger partial charge is 0.503 e. The highest BCUT2D eigenvalue weighted by Crippen LogP contribution is 2.34. The van der Waals surface area contributed by atoms with E-state index in [-0.39, 0.29) is 10.8 Å². The Morgan fingerprint density at radius 2 is 2.08 bits per heavy atom. The molecule has 3 aromatic rings. The summed E-state index contributed by atoms with van der Waals surface area (Å²) in [6.07, 6.45) is 3.12. The number of halogens is 1. The summed E-state index contributed by atoms with van der Waals surface area (Å²) in [7, 11) is 0. The van der Waals surface area contributed by atoms with E-state index in [1.807, 2.05) is 37.3 Å². The van der Waals surface area contributed by atoms with Crippen molar-refractivity contribution in [3.8, 4) is 22.9 Å². The minimum Gasteiger partial charge on any atom is -0.503 e. The number of aromatic nitrogens is 3. The number of phenols is 1. The molecule has 1 aromatic heterocycles. The van der Waals surface area contributed by atoms with Gasteiger partial charge in [-0.2, -0.15) is 9.78 Å². The topological polar surface area (TPSA) is 72.5 Å². The Hall–Kier alpha value is -2.86. The minimum atomic E-state index is -0.0788. The molecule has 0 aliphatic heterocycles. The molecule has 0 radical (unpaired) electrons. The van der Waals surface area contributed by atoms with Crippen LogP contribution in [0.3, 0.4) is 0 Å². The van der Waals surface area contributed by atoms with Crippen molar-refractivity contribution in [2.75, 3.05) is 6.61 Å². The first-order valence-corrected chi connectivity index (χ1v) is 7.72. The van der Waals surface area contributed by atoms with E-state index in [4.69, 9.17) is 16.3 Å². The number of hydrogen-bond donors (Lipinski definition) is 1. The van der Waals surface area contributed by atoms with Crippen LogP contribution in [0, 0.1) is 0 Å². The summed E-state index contributed by atoms with van der Waals surface area (Å²) in [6.45, 7) is 2.26. The Morgan fingerprint density at radius 1 is 1.29 bits per heavy atom. The average molecular weight is 343 g/mol. The van der Waals surface area contributed by atoms with Crippen LogP contribution in [0.2, 0.25) is 5.02 Å². The van der Waals surface area contributed by atoms with Gasteiger partial charge in [-0.15, -0.1) is 10.2 Å². The molecule has 122 valence electrons. The molecule has 3 rings (SSSR count). The van der Waals surface area contributed by atoms with Gasteiger partial charge in [-0.05, 0) is 24.6 Å². The van der Waals surface area contributed by atoms with Gasteiger partial charge >= 0.3 is 0 Å². The molecule has 0 spiro atoms. The second kappa shape index (κ2) is 7.14. The van der Waals surface area contributed by atoms with Crippen LogP contribution in [0.15, 0.2) is 53.9 Å². The fourth-order valence-corrected chi connectivity index (χ4v) is 2.37. The second-order valence-electron chi connectivity index (χ2n) is 4.89. The summed E-state index contributed by atoms with van der Waals surface area (Å²) in [6, 6.07) is 12.9. The molecule has 1 N–H and O–H groups in total. The molecule has 0 aliphatic rings. The van der Waals surface area contributed by atoms with Crippen molar-refractivity contribution in [2.45, 2.75) is 6.92 Å². The smallest absolute Gasteiger partial charge is 0.184 e. The highest BCUT2D eigenvalue weighted by Gasteiger charge is 2.09. The predicted molar refractivity (Wildman–Crippen MR) is 92.7 cm³/mol. The van der Waals surface area contributed by atoms with E-state index >= 15 is 0 Å². The maximum atomic E-state index is 9.87. The number of benzene rings is 2. The van der Waals surface area contributed by atoms with E-state index in [1.54, 1.807) is 23.0 Å². The zero-order valence-electron chi connectivity index (χ0n) is 12.9. The zero-order valence-corrected chi connectivity index (χ0v) is 13.7. The first-order valence-electron chi connectivity index (χ1n) is 7.34. The van der Waals surface area contributed by atoms with Gasteiger partial charge in [0.25, 0.3) is 0 Å². The van der Waals surface area contributed by atoms with Crippen LogP contribution in [0.4, 0.5) is 0 Å². The summed E-state index contributed by atoms with van der Waals surface area (Å²) in [5.74, 6) is 0.866. The molecule has 0 atom stereocenters. The van der Waals surface area contributed by atoms with Crippen LogP contribution in [-0.4, -0.2) is 32.8 Å². The Kier molecular flexibility index (Phi) is 4.77. The number of ether oxygens (including phenoxy) is 1. The van der Waals surface area contributed by atoms with Crippen LogP contribution >= 0.6 is 11.6 Å². The lowest BCUT2D eigenvalue weighted by atomic mass is 10.2. The lowest BCUT2D eigenvalue weighted by Crippen LogP contribution is -1.96. The van der Waals surface area contributed by atoms with Crippen molar-refractivity contribution in [2.24, 2.45) is 5.10 Å². The molecule has 0 unspecified atom stereocenters. The fourth-order valence-electron chi connectivity index (χ4n) is 2.15. The summed E-state index contributed by atoms with van der Waals surface area (Å²) in [5, 5.41) is 22.4. The summed E-state index contributed by atoms with van der Waals surface area (Å²) in [5.41, 5.74) is 1.60. The number of rotatable bonds is 5. The third kappa shape index (κ3) is 3.38. The van der Waals surface area contributed by atoms with Crippen molar-refractivity contribution in [3.63, 3.8) is 0 Å². The number of phenolic OH excluding ortho intramolecular Hbond substituents is 1. The molecule has 1 heterocycles. The summed E-state index contributed by atoms with van der Waals surface area (Å²) >= 11 is 6.02. The Balaban J connectivity index is 1.91. The van der Waals surface area contributed by atoms with E-state index in [1.165, 1.54) is 6.33 Å². The van der Waals surface area contributed by atoms with Crippen molar-refractivity contribution in [3.05, 3.63) is 59.4 Å². The molecule has 0 saturated heterocycles. The molecule has 24 heavy (non-hydrogen) atoms. The van der Waals surface area contributed by atoms with Crippen molar-refractivity contribution in [1.29, 1.82) is 0 Å². The Labute approximate surface area is 144 Å². The van der Waals surface area contributed by atoms with Gasteiger partial charge in [0.15, 0.2) is 17.3 Å². The molecule has 0 fully saturated rings. The maximum absolute atomic E-state index is 9.87. The molecule has 0 aliphatic carbocycles. The predicted octanol–water partition coefficient (Wildman–Crippen LogP) is 3.59. The molecule has 0 amide bonds. The zero-order chi connectivity index (χ0) is 16.9. The van der Waals surface area contributed by atoms with Gasteiger partial charge in [0.2, 0.25) is 0 Å². The van der Waals surface area contributed by atoms with E-state index in [9.17, 15) is 5.11 Å². The lowest BCUT2D eigenvalue weighted by molar-refractivity contribution is 0.318. The second-order valence-corrected chi connectivity index (χ2v) is 5.30. The van der Waals surface area contributed by atoms with Gasteiger partial charge in [0, 0.05) is 5.56 Å². The molecule has 6 nitrogen and oxygen atoms in total. The Morgan fingerprint density at radius 3 is 2.83 bits per heavy atom. The normalized spacial score (nSPS) is 11.1. The molecule has 7 heteroatoms. The van der Waals surface area contributed by atoms with Gasteiger partial charge in [-0.3, -0.25) is 0 Å². The van der Waals surface area contributed by atoms with Crippen molar-refractivity contribution < 1.29 is 9.84 Å². The number of aromatic hydroxyl groups is 1. The first kappa shape index (κ1) is 16.0. The average Bonchev–Trinajstić information content (AvgIpc) is 3.07. The number of nitrogens with zero attached hydrogens (tertiary/aromatic N) is 4. The van der Waals surface area contributed by atoms with Gasteiger partial charge < -0.3 is 9.84 Å². The van der Waals surface area contributed by atoms with Crippen molar-refractivity contribution >= 4 is 17.8 Å². The van der Waals surface area contributed by atoms with Crippen LogP contribution in [0.1, 0.15) is 12.5 Å².